The predicted octanol–water partition coefficient (Wildman–Crippen LogP) is 3.15. The molecule has 0 aliphatic carbocycles. The van der Waals surface area contributed by atoms with Gasteiger partial charge in [0, 0.05) is 33.9 Å². The van der Waals surface area contributed by atoms with Crippen molar-refractivity contribution in [3.8, 4) is 0 Å². The van der Waals surface area contributed by atoms with Crippen molar-refractivity contribution in [3.63, 3.8) is 0 Å². The fourth-order valence-corrected chi connectivity index (χ4v) is 2.52. The number of nitrogens with one attached hydrogen (secondary N) is 1. The molecule has 96 valence electrons. The van der Waals surface area contributed by atoms with Gasteiger partial charge in [0.05, 0.1) is 0 Å². The number of rotatable bonds is 7. The van der Waals surface area contributed by atoms with Gasteiger partial charge in [-0.25, -0.2) is 0 Å². The van der Waals surface area contributed by atoms with E-state index in [0.29, 0.717) is 6.04 Å². The Morgan fingerprint density at radius 3 is 2.82 bits per heavy atom. The molecule has 0 aromatic heterocycles. The lowest BCUT2D eigenvalue weighted by atomic mass is 10.0. The van der Waals surface area contributed by atoms with Crippen LogP contribution in [0.3, 0.4) is 0 Å². The predicted molar refractivity (Wildman–Crippen MR) is 76.0 cm³/mol. The summed E-state index contributed by atoms with van der Waals surface area (Å²) in [7, 11) is -0.691. The Labute approximate surface area is 111 Å². The summed E-state index contributed by atoms with van der Waals surface area (Å²) in [6, 6.07) is 8.28. The maximum atomic E-state index is 10.9. The maximum Gasteiger partial charge on any atom is 0.0409 e. The molecule has 17 heavy (non-hydrogen) atoms. The van der Waals surface area contributed by atoms with Crippen LogP contribution in [0.5, 0.6) is 0 Å². The quantitative estimate of drug-likeness (QED) is 0.774. The summed E-state index contributed by atoms with van der Waals surface area (Å²) >= 11 is 5.98. The van der Waals surface area contributed by atoms with E-state index in [2.05, 4.69) is 18.3 Å². The van der Waals surface area contributed by atoms with Crippen LogP contribution in [0.1, 0.15) is 31.4 Å². The van der Waals surface area contributed by atoms with Crippen molar-refractivity contribution in [2.75, 3.05) is 18.6 Å². The molecule has 0 radical (unpaired) electrons. The van der Waals surface area contributed by atoms with Gasteiger partial charge in [-0.3, -0.25) is 4.21 Å². The summed E-state index contributed by atoms with van der Waals surface area (Å²) < 4.78 is 10.9. The lowest BCUT2D eigenvalue weighted by Crippen LogP contribution is -2.23. The molecule has 0 spiro atoms. The van der Waals surface area contributed by atoms with Crippen LogP contribution in [0.4, 0.5) is 0 Å². The molecule has 2 unspecified atom stereocenters. The standard InChI is InChI=1S/C13H20ClNOS/c1-3-13(15-8-5-9-17(2)16)11-6-4-7-12(14)10-11/h4,6-7,10,13,15H,3,5,8-9H2,1-2H3. The monoisotopic (exact) mass is 273 g/mol. The number of hydrogen-bond acceptors (Lipinski definition) is 2. The Kier molecular flexibility index (Phi) is 6.78. The summed E-state index contributed by atoms with van der Waals surface area (Å²) in [6.45, 7) is 3.04. The zero-order valence-corrected chi connectivity index (χ0v) is 12.0. The van der Waals surface area contributed by atoms with Crippen LogP contribution in [0.15, 0.2) is 24.3 Å². The third kappa shape index (κ3) is 5.66. The van der Waals surface area contributed by atoms with E-state index >= 15 is 0 Å². The van der Waals surface area contributed by atoms with E-state index in [1.165, 1.54) is 5.56 Å². The lowest BCUT2D eigenvalue weighted by Gasteiger charge is -2.17. The van der Waals surface area contributed by atoms with Gasteiger partial charge in [0.2, 0.25) is 0 Å². The Balaban J connectivity index is 2.45. The van der Waals surface area contributed by atoms with Gasteiger partial charge in [0.1, 0.15) is 0 Å². The minimum atomic E-state index is -0.691. The molecule has 2 nitrogen and oxygen atoms in total. The highest BCUT2D eigenvalue weighted by Crippen LogP contribution is 2.20. The minimum Gasteiger partial charge on any atom is -0.310 e. The van der Waals surface area contributed by atoms with Crippen molar-refractivity contribution in [3.05, 3.63) is 34.9 Å². The molecule has 0 bridgehead atoms. The Morgan fingerprint density at radius 2 is 2.24 bits per heavy atom. The topological polar surface area (TPSA) is 29.1 Å². The Morgan fingerprint density at radius 1 is 1.47 bits per heavy atom. The first-order chi connectivity index (χ1) is 8.13. The van der Waals surface area contributed by atoms with E-state index in [9.17, 15) is 4.21 Å². The Bertz CT molecular complexity index is 370. The molecule has 0 amide bonds. The van der Waals surface area contributed by atoms with Gasteiger partial charge in [-0.15, -0.1) is 0 Å². The van der Waals surface area contributed by atoms with Crippen molar-refractivity contribution in [2.24, 2.45) is 0 Å². The van der Waals surface area contributed by atoms with Gasteiger partial charge in [-0.05, 0) is 37.1 Å². The van der Waals surface area contributed by atoms with E-state index in [-0.39, 0.29) is 0 Å². The van der Waals surface area contributed by atoms with E-state index in [0.717, 1.165) is 30.2 Å². The fraction of sp³-hybridized carbons (Fsp3) is 0.538. The van der Waals surface area contributed by atoms with E-state index in [1.54, 1.807) is 6.26 Å². The SMILES string of the molecule is CCC(NCCCS(C)=O)c1cccc(Cl)c1. The molecular formula is C13H20ClNOS. The molecular weight excluding hydrogens is 254 g/mol. The summed E-state index contributed by atoms with van der Waals surface area (Å²) in [5, 5.41) is 4.25. The highest BCUT2D eigenvalue weighted by atomic mass is 35.5. The molecule has 1 aromatic rings. The summed E-state index contributed by atoms with van der Waals surface area (Å²) in [6.07, 6.45) is 3.71. The number of halogens is 1. The molecule has 4 heteroatoms. The second-order valence-corrected chi connectivity index (χ2v) is 6.09. The zero-order chi connectivity index (χ0) is 12.7. The number of benzene rings is 1. The maximum absolute atomic E-state index is 10.9. The smallest absolute Gasteiger partial charge is 0.0409 e. The van der Waals surface area contributed by atoms with Crippen LogP contribution in [-0.4, -0.2) is 22.8 Å². The third-order valence-electron chi connectivity index (χ3n) is 2.66. The third-order valence-corrected chi connectivity index (χ3v) is 3.76. The molecule has 0 heterocycles. The summed E-state index contributed by atoms with van der Waals surface area (Å²) in [5.74, 6) is 0.763. The van der Waals surface area contributed by atoms with Crippen molar-refractivity contribution < 1.29 is 4.21 Å². The molecule has 1 aromatic carbocycles. The van der Waals surface area contributed by atoms with Gasteiger partial charge in [-0.2, -0.15) is 0 Å². The number of hydrogen-bond donors (Lipinski definition) is 1. The molecule has 0 aliphatic rings. The molecule has 1 N–H and O–H groups in total. The van der Waals surface area contributed by atoms with Gasteiger partial charge in [0.25, 0.3) is 0 Å². The normalized spacial score (nSPS) is 14.5. The molecule has 0 saturated heterocycles. The first-order valence-corrected chi connectivity index (χ1v) is 8.03. The van der Waals surface area contributed by atoms with Crippen LogP contribution in [0.25, 0.3) is 0 Å². The Hall–Kier alpha value is -0.380. The second kappa shape index (κ2) is 7.85. The molecule has 1 rings (SSSR count). The first-order valence-electron chi connectivity index (χ1n) is 5.92. The van der Waals surface area contributed by atoms with Crippen LogP contribution < -0.4 is 5.32 Å². The van der Waals surface area contributed by atoms with Crippen molar-refractivity contribution >= 4 is 22.4 Å². The van der Waals surface area contributed by atoms with E-state index in [1.807, 2.05) is 18.2 Å². The second-order valence-electron chi connectivity index (χ2n) is 4.10. The molecule has 0 aliphatic heterocycles. The van der Waals surface area contributed by atoms with E-state index in [4.69, 9.17) is 11.6 Å². The minimum absolute atomic E-state index is 0.332. The first kappa shape index (κ1) is 14.7. The average molecular weight is 274 g/mol. The van der Waals surface area contributed by atoms with Crippen LogP contribution in [-0.2, 0) is 10.8 Å². The molecule has 0 saturated carbocycles. The van der Waals surface area contributed by atoms with Crippen molar-refractivity contribution in [1.82, 2.24) is 5.32 Å². The highest BCUT2D eigenvalue weighted by molar-refractivity contribution is 7.84. The summed E-state index contributed by atoms with van der Waals surface area (Å²) in [4.78, 5) is 0. The molecule has 0 fully saturated rings. The average Bonchev–Trinajstić information content (AvgIpc) is 2.29. The zero-order valence-electron chi connectivity index (χ0n) is 10.4. The van der Waals surface area contributed by atoms with E-state index < -0.39 is 10.8 Å². The fourth-order valence-electron chi connectivity index (χ4n) is 1.77. The largest absolute Gasteiger partial charge is 0.310 e. The van der Waals surface area contributed by atoms with Crippen LogP contribution >= 0.6 is 11.6 Å². The van der Waals surface area contributed by atoms with Crippen LogP contribution in [0.2, 0.25) is 5.02 Å². The summed E-state index contributed by atoms with van der Waals surface area (Å²) in [5.41, 5.74) is 1.22. The van der Waals surface area contributed by atoms with Crippen LogP contribution in [0, 0.1) is 0 Å². The van der Waals surface area contributed by atoms with Crippen molar-refractivity contribution in [2.45, 2.75) is 25.8 Å². The lowest BCUT2D eigenvalue weighted by molar-refractivity contribution is 0.519. The van der Waals surface area contributed by atoms with Gasteiger partial charge in [0.15, 0.2) is 0 Å². The van der Waals surface area contributed by atoms with Gasteiger partial charge >= 0.3 is 0 Å². The molecule has 2 atom stereocenters. The van der Waals surface area contributed by atoms with Gasteiger partial charge in [-0.1, -0.05) is 30.7 Å². The highest BCUT2D eigenvalue weighted by Gasteiger charge is 2.08. The van der Waals surface area contributed by atoms with Crippen molar-refractivity contribution in [1.29, 1.82) is 0 Å². The van der Waals surface area contributed by atoms with Gasteiger partial charge < -0.3 is 5.32 Å².